The van der Waals surface area contributed by atoms with E-state index in [1.54, 1.807) is 41.3 Å². The number of rotatable bonds is 5. The number of pyridine rings is 1. The minimum absolute atomic E-state index is 0.133. The second-order valence-corrected chi connectivity index (χ2v) is 6.58. The summed E-state index contributed by atoms with van der Waals surface area (Å²) >= 11 is 0. The van der Waals surface area contributed by atoms with Gasteiger partial charge in [-0.05, 0) is 36.6 Å². The molecule has 1 aliphatic rings. The SMILES string of the molecule is O=C(N[C@@H]1CCN(C(=O)CCc2ccccc2F)C[C@H]1O)c1ccccn1. The summed E-state index contributed by atoms with van der Waals surface area (Å²) in [6, 6.07) is 11.0. The highest BCUT2D eigenvalue weighted by Gasteiger charge is 2.31. The summed E-state index contributed by atoms with van der Waals surface area (Å²) in [7, 11) is 0. The first-order valence-corrected chi connectivity index (χ1v) is 8.95. The minimum atomic E-state index is -0.858. The average Bonchev–Trinajstić information content (AvgIpc) is 2.69. The van der Waals surface area contributed by atoms with Crippen molar-refractivity contribution in [2.75, 3.05) is 13.1 Å². The van der Waals surface area contributed by atoms with Crippen LogP contribution in [0.4, 0.5) is 4.39 Å². The zero-order chi connectivity index (χ0) is 19.2. The Balaban J connectivity index is 1.50. The van der Waals surface area contributed by atoms with Gasteiger partial charge in [0.1, 0.15) is 11.5 Å². The molecule has 0 radical (unpaired) electrons. The second kappa shape index (κ2) is 8.73. The highest BCUT2D eigenvalue weighted by Crippen LogP contribution is 2.15. The first kappa shape index (κ1) is 19.0. The lowest BCUT2D eigenvalue weighted by atomic mass is 10.0. The zero-order valence-electron chi connectivity index (χ0n) is 14.8. The second-order valence-electron chi connectivity index (χ2n) is 6.58. The van der Waals surface area contributed by atoms with Gasteiger partial charge in [-0.25, -0.2) is 4.39 Å². The van der Waals surface area contributed by atoms with Crippen molar-refractivity contribution < 1.29 is 19.1 Å². The molecule has 1 aromatic heterocycles. The van der Waals surface area contributed by atoms with Crippen LogP contribution in [-0.4, -0.2) is 52.0 Å². The fraction of sp³-hybridized carbons (Fsp3) is 0.350. The number of carbonyl (C=O) groups excluding carboxylic acids is 2. The molecule has 142 valence electrons. The summed E-state index contributed by atoms with van der Waals surface area (Å²) in [6.45, 7) is 0.573. The molecule has 2 heterocycles. The van der Waals surface area contributed by atoms with E-state index in [0.717, 1.165) is 0 Å². The maximum atomic E-state index is 13.6. The number of benzene rings is 1. The lowest BCUT2D eigenvalue weighted by Gasteiger charge is -2.36. The van der Waals surface area contributed by atoms with Gasteiger partial charge in [-0.3, -0.25) is 14.6 Å². The lowest BCUT2D eigenvalue weighted by Crippen LogP contribution is -2.55. The Morgan fingerprint density at radius 3 is 2.70 bits per heavy atom. The van der Waals surface area contributed by atoms with Crippen LogP contribution in [0.1, 0.15) is 28.9 Å². The molecular formula is C20H22FN3O3. The molecule has 0 saturated carbocycles. The summed E-state index contributed by atoms with van der Waals surface area (Å²) < 4.78 is 13.6. The molecule has 3 rings (SSSR count). The molecule has 0 aliphatic carbocycles. The van der Waals surface area contributed by atoms with Crippen LogP contribution >= 0.6 is 0 Å². The third-order valence-corrected chi connectivity index (χ3v) is 4.71. The molecule has 0 unspecified atom stereocenters. The number of β-amino-alcohol motifs (C(OH)–C–C–N with tert-alkyl or cyclic N) is 1. The van der Waals surface area contributed by atoms with Gasteiger partial charge in [-0.2, -0.15) is 0 Å². The van der Waals surface area contributed by atoms with E-state index in [2.05, 4.69) is 10.3 Å². The number of nitrogens with zero attached hydrogens (tertiary/aromatic N) is 2. The Bertz CT molecular complexity index is 800. The van der Waals surface area contributed by atoms with Crippen LogP contribution < -0.4 is 5.32 Å². The number of halogens is 1. The molecule has 2 N–H and O–H groups in total. The first-order chi connectivity index (χ1) is 13.0. The number of amides is 2. The van der Waals surface area contributed by atoms with E-state index in [4.69, 9.17) is 0 Å². The van der Waals surface area contributed by atoms with Crippen LogP contribution in [-0.2, 0) is 11.2 Å². The highest BCUT2D eigenvalue weighted by atomic mass is 19.1. The molecule has 2 amide bonds. The monoisotopic (exact) mass is 371 g/mol. The number of likely N-dealkylation sites (tertiary alicyclic amines) is 1. The number of piperidine rings is 1. The van der Waals surface area contributed by atoms with Gasteiger partial charge in [-0.1, -0.05) is 24.3 Å². The number of aryl methyl sites for hydroxylation is 1. The Kier molecular flexibility index (Phi) is 6.13. The van der Waals surface area contributed by atoms with E-state index in [9.17, 15) is 19.1 Å². The molecule has 0 spiro atoms. The van der Waals surface area contributed by atoms with Crippen molar-refractivity contribution in [3.63, 3.8) is 0 Å². The Labute approximate surface area is 157 Å². The van der Waals surface area contributed by atoms with Crippen LogP contribution in [0.3, 0.4) is 0 Å². The van der Waals surface area contributed by atoms with Gasteiger partial charge in [-0.15, -0.1) is 0 Å². The van der Waals surface area contributed by atoms with Gasteiger partial charge >= 0.3 is 0 Å². The number of aliphatic hydroxyl groups is 1. The van der Waals surface area contributed by atoms with E-state index in [1.165, 1.54) is 12.3 Å². The normalized spacial score (nSPS) is 19.6. The van der Waals surface area contributed by atoms with Crippen molar-refractivity contribution in [2.45, 2.75) is 31.4 Å². The number of hydrogen-bond donors (Lipinski definition) is 2. The molecule has 1 aromatic carbocycles. The number of carbonyl (C=O) groups is 2. The van der Waals surface area contributed by atoms with Crippen LogP contribution in [0, 0.1) is 5.82 Å². The molecule has 27 heavy (non-hydrogen) atoms. The maximum absolute atomic E-state index is 13.6. The summed E-state index contributed by atoms with van der Waals surface area (Å²) in [4.78, 5) is 30.1. The van der Waals surface area contributed by atoms with Crippen LogP contribution in [0.15, 0.2) is 48.7 Å². The smallest absolute Gasteiger partial charge is 0.270 e. The quantitative estimate of drug-likeness (QED) is 0.835. The summed E-state index contributed by atoms with van der Waals surface area (Å²) in [5.41, 5.74) is 0.789. The zero-order valence-corrected chi connectivity index (χ0v) is 14.8. The van der Waals surface area contributed by atoms with Crippen molar-refractivity contribution in [1.29, 1.82) is 0 Å². The Hall–Kier alpha value is -2.80. The van der Waals surface area contributed by atoms with Crippen LogP contribution in [0.2, 0.25) is 0 Å². The predicted molar refractivity (Wildman–Crippen MR) is 97.4 cm³/mol. The largest absolute Gasteiger partial charge is 0.389 e. The lowest BCUT2D eigenvalue weighted by molar-refractivity contribution is -0.134. The van der Waals surface area contributed by atoms with Crippen LogP contribution in [0.5, 0.6) is 0 Å². The minimum Gasteiger partial charge on any atom is -0.389 e. The van der Waals surface area contributed by atoms with Crippen molar-refractivity contribution in [1.82, 2.24) is 15.2 Å². The third-order valence-electron chi connectivity index (χ3n) is 4.71. The molecule has 6 nitrogen and oxygen atoms in total. The van der Waals surface area contributed by atoms with Gasteiger partial charge in [0.15, 0.2) is 0 Å². The van der Waals surface area contributed by atoms with Crippen molar-refractivity contribution in [2.24, 2.45) is 0 Å². The molecule has 0 bridgehead atoms. The van der Waals surface area contributed by atoms with Gasteiger partial charge in [0.05, 0.1) is 12.1 Å². The summed E-state index contributed by atoms with van der Waals surface area (Å²) in [6.07, 6.45) is 1.62. The van der Waals surface area contributed by atoms with E-state index in [0.29, 0.717) is 24.9 Å². The Morgan fingerprint density at radius 2 is 2.00 bits per heavy atom. The highest BCUT2D eigenvalue weighted by molar-refractivity contribution is 5.92. The number of nitrogens with one attached hydrogen (secondary N) is 1. The molecular weight excluding hydrogens is 349 g/mol. The van der Waals surface area contributed by atoms with E-state index >= 15 is 0 Å². The van der Waals surface area contributed by atoms with Gasteiger partial charge in [0.25, 0.3) is 5.91 Å². The fourth-order valence-corrected chi connectivity index (χ4v) is 3.17. The van der Waals surface area contributed by atoms with Crippen LogP contribution in [0.25, 0.3) is 0 Å². The van der Waals surface area contributed by atoms with E-state index in [-0.39, 0.29) is 36.3 Å². The molecule has 7 heteroatoms. The molecule has 1 fully saturated rings. The predicted octanol–water partition coefficient (Wildman–Crippen LogP) is 1.55. The topological polar surface area (TPSA) is 82.5 Å². The Morgan fingerprint density at radius 1 is 1.22 bits per heavy atom. The summed E-state index contributed by atoms with van der Waals surface area (Å²) in [5, 5.41) is 13.1. The molecule has 2 aromatic rings. The standard InChI is InChI=1S/C20H22FN3O3/c21-15-6-2-1-5-14(15)8-9-19(26)24-12-10-16(18(25)13-24)23-20(27)17-7-3-4-11-22-17/h1-7,11,16,18,25H,8-10,12-13H2,(H,23,27)/t16-,18-/m1/s1. The molecule has 2 atom stereocenters. The van der Waals surface area contributed by atoms with Crippen molar-refractivity contribution >= 4 is 11.8 Å². The number of aliphatic hydroxyl groups excluding tert-OH is 1. The van der Waals surface area contributed by atoms with Crippen molar-refractivity contribution in [3.8, 4) is 0 Å². The fourth-order valence-electron chi connectivity index (χ4n) is 3.17. The third kappa shape index (κ3) is 4.89. The number of hydrogen-bond acceptors (Lipinski definition) is 4. The maximum Gasteiger partial charge on any atom is 0.270 e. The summed E-state index contributed by atoms with van der Waals surface area (Å²) in [5.74, 6) is -0.799. The molecule has 1 aliphatic heterocycles. The van der Waals surface area contributed by atoms with Gasteiger partial charge in [0, 0.05) is 25.7 Å². The number of aromatic nitrogens is 1. The average molecular weight is 371 g/mol. The molecule has 1 saturated heterocycles. The van der Waals surface area contributed by atoms with Gasteiger partial charge < -0.3 is 15.3 Å². The van der Waals surface area contributed by atoms with E-state index in [1.807, 2.05) is 0 Å². The first-order valence-electron chi connectivity index (χ1n) is 8.95. The van der Waals surface area contributed by atoms with Gasteiger partial charge in [0.2, 0.25) is 5.91 Å². The van der Waals surface area contributed by atoms with Crippen molar-refractivity contribution in [3.05, 3.63) is 65.7 Å². The van der Waals surface area contributed by atoms with E-state index < -0.39 is 12.1 Å².